The van der Waals surface area contributed by atoms with Crippen LogP contribution in [0.3, 0.4) is 0 Å². The monoisotopic (exact) mass is 790 g/mol. The predicted octanol–water partition coefficient (Wildman–Crippen LogP) is 10.6. The van der Waals surface area contributed by atoms with Crippen LogP contribution in [0.2, 0.25) is 0 Å². The maximum atomic E-state index is 13.2. The first-order chi connectivity index (χ1) is 20.5. The molecule has 0 unspecified atom stereocenters. The van der Waals surface area contributed by atoms with Gasteiger partial charge in [0.15, 0.2) is 0 Å². The molecular weight excluding hydrogens is 756 g/mol. The topological polar surface area (TPSA) is 52.6 Å². The van der Waals surface area contributed by atoms with Crippen molar-refractivity contribution >= 4 is 57.6 Å². The van der Waals surface area contributed by atoms with E-state index >= 15 is 0 Å². The first kappa shape index (κ1) is 33.8. The average molecular weight is 793 g/mol. The molecule has 4 rings (SSSR count). The van der Waals surface area contributed by atoms with E-state index in [1.165, 1.54) is 27.8 Å². The number of benzene rings is 4. The van der Waals surface area contributed by atoms with Crippen molar-refractivity contribution in [2.75, 3.05) is 6.61 Å². The summed E-state index contributed by atoms with van der Waals surface area (Å²) in [6.07, 6.45) is 1.01. The second-order valence-corrected chi connectivity index (χ2v) is 14.5. The normalized spacial score (nSPS) is 11.9. The second kappa shape index (κ2) is 14.3. The van der Waals surface area contributed by atoms with Gasteiger partial charge in [-0.25, -0.2) is 8.42 Å². The molecule has 4 aromatic carbocycles. The Labute approximate surface area is 281 Å². The molecule has 0 aliphatic carbocycles. The van der Waals surface area contributed by atoms with Gasteiger partial charge in [-0.3, -0.25) is 0 Å². The van der Waals surface area contributed by atoms with E-state index < -0.39 is 9.84 Å². The van der Waals surface area contributed by atoms with Crippen LogP contribution >= 0.6 is 47.8 Å². The van der Waals surface area contributed by atoms with E-state index in [1.807, 2.05) is 6.92 Å². The Bertz CT molecular complexity index is 1650. The molecule has 228 valence electrons. The van der Waals surface area contributed by atoms with Crippen molar-refractivity contribution in [3.05, 3.63) is 112 Å². The van der Waals surface area contributed by atoms with Crippen LogP contribution in [-0.2, 0) is 37.7 Å². The molecule has 4 aromatic rings. The van der Waals surface area contributed by atoms with E-state index in [-0.39, 0.29) is 15.2 Å². The minimum Gasteiger partial charge on any atom is -0.494 e. The fraction of sp³-hybridized carbons (Fsp3) is 0.314. The number of hydrogen-bond donors (Lipinski definition) is 0. The number of alkyl halides is 3. The summed E-state index contributed by atoms with van der Waals surface area (Å²) >= 11 is 11.1. The molecule has 0 spiro atoms. The Morgan fingerprint density at radius 2 is 1.16 bits per heavy atom. The second-order valence-electron chi connectivity index (χ2n) is 10.9. The van der Waals surface area contributed by atoms with Gasteiger partial charge in [0.1, 0.15) is 17.2 Å². The molecule has 43 heavy (non-hydrogen) atoms. The minimum atomic E-state index is -3.68. The fourth-order valence-corrected chi connectivity index (χ4v) is 7.90. The Morgan fingerprint density at radius 1 is 0.698 bits per heavy atom. The molecule has 0 saturated carbocycles. The summed E-state index contributed by atoms with van der Waals surface area (Å²) in [5, 5.41) is 2.04. The van der Waals surface area contributed by atoms with Gasteiger partial charge >= 0.3 is 0 Å². The van der Waals surface area contributed by atoms with Crippen LogP contribution in [0.25, 0.3) is 0 Å². The van der Waals surface area contributed by atoms with Gasteiger partial charge in [0.05, 0.1) is 16.4 Å². The van der Waals surface area contributed by atoms with E-state index in [0.29, 0.717) is 28.8 Å². The van der Waals surface area contributed by atoms with Crippen molar-refractivity contribution in [2.45, 2.75) is 72.2 Å². The van der Waals surface area contributed by atoms with Crippen molar-refractivity contribution in [1.29, 1.82) is 0 Å². The lowest BCUT2D eigenvalue weighted by Gasteiger charge is -2.30. The zero-order valence-electron chi connectivity index (χ0n) is 25.1. The molecule has 0 aromatic heterocycles. The molecule has 0 saturated heterocycles. The first-order valence-electron chi connectivity index (χ1n) is 14.2. The standard InChI is InChI=1S/C35H37Br3O4S/c1-6-33-23(3)16-27(17-24(33)20-36)35(4,5)28-18-25(21-37)34(26(19-28)22-38)42-30-10-14-32(15-11-30)43(39,40)31-12-8-29(9-13-31)41-7-2/h8-19H,6-7,20-22H2,1-5H3. The first-order valence-corrected chi connectivity index (χ1v) is 19.1. The van der Waals surface area contributed by atoms with E-state index in [9.17, 15) is 8.42 Å². The van der Waals surface area contributed by atoms with Gasteiger partial charge in [0.2, 0.25) is 9.84 Å². The Kier molecular flexibility index (Phi) is 11.2. The van der Waals surface area contributed by atoms with E-state index in [2.05, 4.69) is 99.8 Å². The Balaban J connectivity index is 1.65. The van der Waals surface area contributed by atoms with Gasteiger partial charge < -0.3 is 9.47 Å². The van der Waals surface area contributed by atoms with E-state index in [1.54, 1.807) is 48.5 Å². The summed E-state index contributed by atoms with van der Waals surface area (Å²) in [5.41, 5.74) is 8.33. The molecule has 0 radical (unpaired) electrons. The maximum Gasteiger partial charge on any atom is 0.206 e. The van der Waals surface area contributed by atoms with Gasteiger partial charge in [-0.2, -0.15) is 0 Å². The van der Waals surface area contributed by atoms with Gasteiger partial charge in [-0.05, 0) is 96.6 Å². The average Bonchev–Trinajstić information content (AvgIpc) is 3.01. The summed E-state index contributed by atoms with van der Waals surface area (Å²) in [7, 11) is -3.68. The van der Waals surface area contributed by atoms with Crippen LogP contribution in [0, 0.1) is 6.92 Å². The molecule has 0 aliphatic rings. The number of halogens is 3. The third-order valence-electron chi connectivity index (χ3n) is 7.84. The lowest BCUT2D eigenvalue weighted by Crippen LogP contribution is -2.21. The summed E-state index contributed by atoms with van der Waals surface area (Å²) in [5.74, 6) is 1.96. The summed E-state index contributed by atoms with van der Waals surface area (Å²) in [6.45, 7) is 11.3. The highest BCUT2D eigenvalue weighted by Gasteiger charge is 2.27. The molecule has 0 bridgehead atoms. The van der Waals surface area contributed by atoms with Gasteiger partial charge in [0.25, 0.3) is 0 Å². The van der Waals surface area contributed by atoms with Crippen LogP contribution < -0.4 is 9.47 Å². The van der Waals surface area contributed by atoms with Crippen LogP contribution in [0.4, 0.5) is 0 Å². The van der Waals surface area contributed by atoms with Gasteiger partial charge in [-0.15, -0.1) is 0 Å². The highest BCUT2D eigenvalue weighted by molar-refractivity contribution is 9.09. The van der Waals surface area contributed by atoms with Crippen LogP contribution in [-0.4, -0.2) is 15.0 Å². The lowest BCUT2D eigenvalue weighted by atomic mass is 9.75. The Morgan fingerprint density at radius 3 is 1.63 bits per heavy atom. The third-order valence-corrected chi connectivity index (χ3v) is 11.4. The van der Waals surface area contributed by atoms with Crippen molar-refractivity contribution in [3.8, 4) is 17.2 Å². The van der Waals surface area contributed by atoms with E-state index in [4.69, 9.17) is 9.47 Å². The number of aryl methyl sites for hydroxylation is 1. The van der Waals surface area contributed by atoms with Gasteiger partial charge in [-0.1, -0.05) is 92.8 Å². The zero-order valence-corrected chi connectivity index (χ0v) is 30.7. The SMILES string of the molecule is CCOc1ccc(S(=O)(=O)c2ccc(Oc3c(CBr)cc(C(C)(C)c4cc(C)c(CC)c(CBr)c4)cc3CBr)cc2)cc1. The van der Waals surface area contributed by atoms with Crippen molar-refractivity contribution in [3.63, 3.8) is 0 Å². The number of sulfone groups is 1. The van der Waals surface area contributed by atoms with Crippen LogP contribution in [0.5, 0.6) is 17.2 Å². The highest BCUT2D eigenvalue weighted by atomic mass is 79.9. The highest BCUT2D eigenvalue weighted by Crippen LogP contribution is 2.41. The number of ether oxygens (including phenoxy) is 2. The fourth-order valence-electron chi connectivity index (χ4n) is 5.31. The Hall–Kier alpha value is -2.13. The molecule has 0 aliphatic heterocycles. The van der Waals surface area contributed by atoms with Crippen molar-refractivity contribution in [1.82, 2.24) is 0 Å². The van der Waals surface area contributed by atoms with Crippen LogP contribution in [0.15, 0.2) is 82.6 Å². The zero-order chi connectivity index (χ0) is 31.4. The number of rotatable bonds is 12. The minimum absolute atomic E-state index is 0.203. The van der Waals surface area contributed by atoms with E-state index in [0.717, 1.165) is 28.6 Å². The van der Waals surface area contributed by atoms with Crippen molar-refractivity contribution < 1.29 is 17.9 Å². The largest absolute Gasteiger partial charge is 0.494 e. The van der Waals surface area contributed by atoms with Crippen LogP contribution in [0.1, 0.15) is 66.6 Å². The molecule has 4 nitrogen and oxygen atoms in total. The summed E-state index contributed by atoms with van der Waals surface area (Å²) in [6, 6.07) is 22.1. The van der Waals surface area contributed by atoms with Gasteiger partial charge in [0, 0.05) is 32.5 Å². The summed E-state index contributed by atoms with van der Waals surface area (Å²) < 4.78 is 38.3. The predicted molar refractivity (Wildman–Crippen MR) is 187 cm³/mol. The molecular formula is C35H37Br3O4S. The molecule has 8 heteroatoms. The quantitative estimate of drug-likeness (QED) is 0.134. The molecule has 0 fully saturated rings. The third kappa shape index (κ3) is 7.24. The molecule has 0 N–H and O–H groups in total. The molecule has 0 atom stereocenters. The van der Waals surface area contributed by atoms with Crippen molar-refractivity contribution in [2.24, 2.45) is 0 Å². The maximum absolute atomic E-state index is 13.2. The number of hydrogen-bond acceptors (Lipinski definition) is 4. The smallest absolute Gasteiger partial charge is 0.206 e. The lowest BCUT2D eigenvalue weighted by molar-refractivity contribution is 0.340. The summed E-state index contributed by atoms with van der Waals surface area (Å²) in [4.78, 5) is 0.420. The molecule has 0 amide bonds. The molecule has 0 heterocycles.